The number of aryl methyl sites for hydroxylation is 1. The number of carbonyl (C=O) groups is 1. The Balaban J connectivity index is 1.57. The van der Waals surface area contributed by atoms with Crippen molar-refractivity contribution in [3.8, 4) is 23.0 Å². The number of ether oxygens (including phenoxy) is 5. The van der Waals surface area contributed by atoms with Crippen molar-refractivity contribution in [3.05, 3.63) is 47.0 Å². The highest BCUT2D eigenvalue weighted by Gasteiger charge is 2.39. The Morgan fingerprint density at radius 3 is 2.18 bits per heavy atom. The van der Waals surface area contributed by atoms with Gasteiger partial charge in [-0.15, -0.1) is 0 Å². The van der Waals surface area contributed by atoms with Crippen LogP contribution in [0.4, 0.5) is 0 Å². The predicted molar refractivity (Wildman–Crippen MR) is 131 cm³/mol. The molecule has 0 bridgehead atoms. The summed E-state index contributed by atoms with van der Waals surface area (Å²) in [6.45, 7) is 3.12. The minimum absolute atomic E-state index is 0.251. The van der Waals surface area contributed by atoms with Gasteiger partial charge in [-0.3, -0.25) is 4.79 Å². The monoisotopic (exact) mass is 471 g/mol. The lowest BCUT2D eigenvalue weighted by atomic mass is 9.77. The van der Waals surface area contributed by atoms with Gasteiger partial charge in [0.15, 0.2) is 11.5 Å². The zero-order valence-corrected chi connectivity index (χ0v) is 21.0. The van der Waals surface area contributed by atoms with Crippen LogP contribution >= 0.6 is 0 Å². The molecule has 0 amide bonds. The van der Waals surface area contributed by atoms with Crippen molar-refractivity contribution >= 4 is 5.97 Å². The maximum absolute atomic E-state index is 12.0. The minimum atomic E-state index is -0.547. The molecule has 1 aliphatic carbocycles. The first-order valence-corrected chi connectivity index (χ1v) is 11.8. The zero-order chi connectivity index (χ0) is 24.6. The van der Waals surface area contributed by atoms with Crippen molar-refractivity contribution < 1.29 is 28.5 Å². The Kier molecular flexibility index (Phi) is 9.05. The van der Waals surface area contributed by atoms with Crippen LogP contribution in [0.3, 0.4) is 0 Å². The molecule has 0 spiro atoms. The number of fused-ring (bicyclic) bond motifs is 1. The molecule has 0 aromatic heterocycles. The third-order valence-corrected chi connectivity index (χ3v) is 6.50. The SMILES string of the molecule is COc1ccc(CCCNCCC2(OC(C)=O)CCc3c(OC)ccc(OC)c3C2)cc1OC. The molecule has 34 heavy (non-hydrogen) atoms. The summed E-state index contributed by atoms with van der Waals surface area (Å²) < 4.78 is 27.8. The molecule has 186 valence electrons. The molecule has 0 aliphatic heterocycles. The Morgan fingerprint density at radius 2 is 1.53 bits per heavy atom. The average molecular weight is 472 g/mol. The second-order valence-electron chi connectivity index (χ2n) is 8.67. The molecule has 1 unspecified atom stereocenters. The smallest absolute Gasteiger partial charge is 0.303 e. The summed E-state index contributed by atoms with van der Waals surface area (Å²) >= 11 is 0. The molecule has 2 aromatic carbocycles. The van der Waals surface area contributed by atoms with Crippen LogP contribution in [0.15, 0.2) is 30.3 Å². The summed E-state index contributed by atoms with van der Waals surface area (Å²) in [5.74, 6) is 2.92. The van der Waals surface area contributed by atoms with Gasteiger partial charge in [-0.05, 0) is 68.6 Å². The molecular formula is C27H37NO6. The highest BCUT2D eigenvalue weighted by molar-refractivity contribution is 5.67. The third-order valence-electron chi connectivity index (χ3n) is 6.50. The quantitative estimate of drug-likeness (QED) is 0.369. The maximum atomic E-state index is 12.0. The number of hydrogen-bond acceptors (Lipinski definition) is 7. The van der Waals surface area contributed by atoms with Crippen molar-refractivity contribution in [2.45, 2.75) is 51.0 Å². The van der Waals surface area contributed by atoms with Gasteiger partial charge in [-0.2, -0.15) is 0 Å². The van der Waals surface area contributed by atoms with E-state index in [9.17, 15) is 4.79 Å². The van der Waals surface area contributed by atoms with Crippen LogP contribution in [0.5, 0.6) is 23.0 Å². The topological polar surface area (TPSA) is 75.3 Å². The lowest BCUT2D eigenvalue weighted by Crippen LogP contribution is -2.43. The minimum Gasteiger partial charge on any atom is -0.496 e. The van der Waals surface area contributed by atoms with Crippen LogP contribution in [0.25, 0.3) is 0 Å². The molecule has 1 atom stereocenters. The van der Waals surface area contributed by atoms with Crippen molar-refractivity contribution in [3.63, 3.8) is 0 Å². The number of rotatable bonds is 12. The molecule has 0 saturated heterocycles. The molecule has 0 heterocycles. The van der Waals surface area contributed by atoms with Gasteiger partial charge in [0.2, 0.25) is 0 Å². The summed E-state index contributed by atoms with van der Waals surface area (Å²) in [5, 5.41) is 3.52. The van der Waals surface area contributed by atoms with Gasteiger partial charge in [-0.1, -0.05) is 6.07 Å². The van der Waals surface area contributed by atoms with Crippen molar-refractivity contribution in [2.75, 3.05) is 41.5 Å². The lowest BCUT2D eigenvalue weighted by molar-refractivity contribution is -0.159. The normalized spacial score (nSPS) is 17.0. The fourth-order valence-corrected chi connectivity index (χ4v) is 4.82. The van der Waals surface area contributed by atoms with Crippen molar-refractivity contribution in [2.24, 2.45) is 0 Å². The molecule has 7 nitrogen and oxygen atoms in total. The lowest BCUT2D eigenvalue weighted by Gasteiger charge is -2.38. The van der Waals surface area contributed by atoms with E-state index >= 15 is 0 Å². The summed E-state index contributed by atoms with van der Waals surface area (Å²) in [5.41, 5.74) is 2.88. The molecular weight excluding hydrogens is 434 g/mol. The Morgan fingerprint density at radius 1 is 0.882 bits per heavy atom. The van der Waals surface area contributed by atoms with E-state index in [0.717, 1.165) is 79.3 Å². The van der Waals surface area contributed by atoms with Crippen molar-refractivity contribution in [1.82, 2.24) is 5.32 Å². The second-order valence-corrected chi connectivity index (χ2v) is 8.67. The molecule has 3 rings (SSSR count). The first-order chi connectivity index (χ1) is 16.4. The van der Waals surface area contributed by atoms with E-state index in [2.05, 4.69) is 11.4 Å². The van der Waals surface area contributed by atoms with Gasteiger partial charge in [0.05, 0.1) is 28.4 Å². The van der Waals surface area contributed by atoms with Crippen molar-refractivity contribution in [1.29, 1.82) is 0 Å². The fourth-order valence-electron chi connectivity index (χ4n) is 4.82. The van der Waals surface area contributed by atoms with Gasteiger partial charge in [0.25, 0.3) is 0 Å². The Labute approximate surface area is 202 Å². The second kappa shape index (κ2) is 12.0. The van der Waals surface area contributed by atoms with Gasteiger partial charge < -0.3 is 29.0 Å². The Hall–Kier alpha value is -2.93. The number of methoxy groups -OCH3 is 4. The van der Waals surface area contributed by atoms with Crippen LogP contribution < -0.4 is 24.3 Å². The summed E-state index contributed by atoms with van der Waals surface area (Å²) in [4.78, 5) is 12.0. The summed E-state index contributed by atoms with van der Waals surface area (Å²) in [6.07, 6.45) is 4.83. The first kappa shape index (κ1) is 25.7. The molecule has 1 aliphatic rings. The van der Waals surface area contributed by atoms with Crippen LogP contribution in [0.2, 0.25) is 0 Å². The fraction of sp³-hybridized carbons (Fsp3) is 0.519. The van der Waals surface area contributed by atoms with E-state index in [1.54, 1.807) is 28.4 Å². The van der Waals surface area contributed by atoms with Crippen LogP contribution in [-0.2, 0) is 28.8 Å². The van der Waals surface area contributed by atoms with Gasteiger partial charge in [-0.25, -0.2) is 0 Å². The molecule has 0 fully saturated rings. The average Bonchev–Trinajstić information content (AvgIpc) is 2.84. The summed E-state index contributed by atoms with van der Waals surface area (Å²) in [6, 6.07) is 9.90. The number of esters is 1. The highest BCUT2D eigenvalue weighted by Crippen LogP contribution is 2.42. The molecule has 2 aromatic rings. The zero-order valence-electron chi connectivity index (χ0n) is 21.0. The van der Waals surface area contributed by atoms with Crippen LogP contribution in [0, 0.1) is 0 Å². The summed E-state index contributed by atoms with van der Waals surface area (Å²) in [7, 11) is 6.64. The number of benzene rings is 2. The first-order valence-electron chi connectivity index (χ1n) is 11.8. The van der Waals surface area contributed by atoms with E-state index in [0.29, 0.717) is 6.42 Å². The standard InChI is InChI=1S/C27H37NO6/c1-19(29)34-27(13-12-21-22(18-27)24(31-3)11-10-23(21)30-2)14-16-28-15-6-7-20-8-9-25(32-4)26(17-20)33-5/h8-11,17,28H,6-7,12-16,18H2,1-5H3. The number of hydrogen-bond donors (Lipinski definition) is 1. The van der Waals surface area contributed by atoms with E-state index < -0.39 is 5.60 Å². The van der Waals surface area contributed by atoms with E-state index in [4.69, 9.17) is 23.7 Å². The molecule has 1 N–H and O–H groups in total. The Bertz CT molecular complexity index is 976. The number of nitrogens with one attached hydrogen (secondary N) is 1. The predicted octanol–water partition coefficient (Wildman–Crippen LogP) is 4.12. The maximum Gasteiger partial charge on any atom is 0.303 e. The molecule has 7 heteroatoms. The van der Waals surface area contributed by atoms with E-state index in [1.165, 1.54) is 12.5 Å². The third kappa shape index (κ3) is 6.14. The van der Waals surface area contributed by atoms with Gasteiger partial charge >= 0.3 is 5.97 Å². The molecule has 0 saturated carbocycles. The number of carbonyl (C=O) groups excluding carboxylic acids is 1. The van der Waals surface area contributed by atoms with Crippen LogP contribution in [-0.4, -0.2) is 53.1 Å². The largest absolute Gasteiger partial charge is 0.496 e. The van der Waals surface area contributed by atoms with Gasteiger partial charge in [0.1, 0.15) is 17.1 Å². The van der Waals surface area contributed by atoms with Gasteiger partial charge in [0, 0.05) is 30.9 Å². The van der Waals surface area contributed by atoms with E-state index in [1.807, 2.05) is 24.3 Å². The van der Waals surface area contributed by atoms with Crippen LogP contribution in [0.1, 0.15) is 42.9 Å². The highest BCUT2D eigenvalue weighted by atomic mass is 16.6. The molecule has 0 radical (unpaired) electrons. The van der Waals surface area contributed by atoms with E-state index in [-0.39, 0.29) is 5.97 Å².